The quantitative estimate of drug-likeness (QED) is 0.710. The van der Waals surface area contributed by atoms with E-state index in [0.717, 1.165) is 0 Å². The van der Waals surface area contributed by atoms with Crippen LogP contribution >= 0.6 is 15.9 Å². The summed E-state index contributed by atoms with van der Waals surface area (Å²) in [5, 5.41) is 7.50. The number of pyridine rings is 1. The number of benzene rings is 1. The molecule has 21 heavy (non-hydrogen) atoms. The minimum absolute atomic E-state index is 0.231. The number of halogens is 1. The normalized spacial score (nSPS) is 11.0. The summed E-state index contributed by atoms with van der Waals surface area (Å²) in [6.07, 6.45) is 0. The number of hydrogen-bond acceptors (Lipinski definition) is 4. The summed E-state index contributed by atoms with van der Waals surface area (Å²) in [6, 6.07) is 11.1. The predicted octanol–water partition coefficient (Wildman–Crippen LogP) is 1.71. The van der Waals surface area contributed by atoms with E-state index < -0.39 is 16.1 Å². The average molecular weight is 371 g/mol. The molecular formula is C12H11BrN4O3S. The fourth-order valence-corrected chi connectivity index (χ4v) is 2.35. The molecular weight excluding hydrogens is 360 g/mol. The van der Waals surface area contributed by atoms with Gasteiger partial charge in [0.1, 0.15) is 10.3 Å². The molecule has 0 spiro atoms. The van der Waals surface area contributed by atoms with Gasteiger partial charge in [0.25, 0.3) is 16.1 Å². The monoisotopic (exact) mass is 370 g/mol. The number of carbonyl (C=O) groups excluding carboxylic acids is 1. The van der Waals surface area contributed by atoms with E-state index in [9.17, 15) is 13.2 Å². The summed E-state index contributed by atoms with van der Waals surface area (Å²) in [4.78, 5) is 16.0. The molecule has 0 aliphatic rings. The van der Waals surface area contributed by atoms with Crippen molar-refractivity contribution in [2.24, 2.45) is 5.14 Å². The second-order valence-corrected chi connectivity index (χ2v) is 6.13. The van der Waals surface area contributed by atoms with Crippen molar-refractivity contribution in [1.82, 2.24) is 4.98 Å². The smallest absolute Gasteiger partial charge is 0.296 e. The van der Waals surface area contributed by atoms with Crippen molar-refractivity contribution in [3.8, 4) is 0 Å². The summed E-state index contributed by atoms with van der Waals surface area (Å²) in [6.45, 7) is 0. The summed E-state index contributed by atoms with van der Waals surface area (Å²) in [7, 11) is -3.86. The van der Waals surface area contributed by atoms with Crippen LogP contribution in [0.3, 0.4) is 0 Å². The van der Waals surface area contributed by atoms with Crippen LogP contribution in [0.4, 0.5) is 11.4 Å². The van der Waals surface area contributed by atoms with Crippen molar-refractivity contribution in [2.45, 2.75) is 0 Å². The molecule has 0 bridgehead atoms. The minimum Gasteiger partial charge on any atom is -0.321 e. The van der Waals surface area contributed by atoms with E-state index in [-0.39, 0.29) is 11.4 Å². The molecule has 0 aliphatic heterocycles. The molecule has 1 aromatic carbocycles. The van der Waals surface area contributed by atoms with Gasteiger partial charge in [0.15, 0.2) is 0 Å². The average Bonchev–Trinajstić information content (AvgIpc) is 2.37. The summed E-state index contributed by atoms with van der Waals surface area (Å²) < 4.78 is 24.6. The Morgan fingerprint density at radius 1 is 1.14 bits per heavy atom. The zero-order valence-electron chi connectivity index (χ0n) is 10.6. The van der Waals surface area contributed by atoms with Gasteiger partial charge < -0.3 is 5.32 Å². The lowest BCUT2D eigenvalue weighted by Gasteiger charge is -2.08. The van der Waals surface area contributed by atoms with Gasteiger partial charge >= 0.3 is 0 Å². The Balaban J connectivity index is 2.16. The van der Waals surface area contributed by atoms with Crippen LogP contribution in [0.1, 0.15) is 10.5 Å². The Morgan fingerprint density at radius 2 is 1.81 bits per heavy atom. The molecule has 0 saturated heterocycles. The first-order valence-electron chi connectivity index (χ1n) is 5.68. The molecule has 2 aromatic rings. The number of carbonyl (C=O) groups is 1. The molecule has 110 valence electrons. The SMILES string of the molecule is NS(=O)(=O)Nc1cccc(NC(=O)c2cccc(Br)n2)c1. The van der Waals surface area contributed by atoms with Crippen molar-refractivity contribution >= 4 is 43.4 Å². The highest BCUT2D eigenvalue weighted by Crippen LogP contribution is 2.16. The number of aromatic nitrogens is 1. The van der Waals surface area contributed by atoms with E-state index in [0.29, 0.717) is 10.3 Å². The van der Waals surface area contributed by atoms with E-state index in [4.69, 9.17) is 5.14 Å². The second-order valence-electron chi connectivity index (χ2n) is 4.03. The lowest BCUT2D eigenvalue weighted by Crippen LogP contribution is -2.21. The summed E-state index contributed by atoms with van der Waals surface area (Å²) >= 11 is 3.18. The molecule has 2 rings (SSSR count). The fraction of sp³-hybridized carbons (Fsp3) is 0. The van der Waals surface area contributed by atoms with Crippen LogP contribution in [0.15, 0.2) is 47.1 Å². The van der Waals surface area contributed by atoms with Gasteiger partial charge in [0.2, 0.25) is 0 Å². The lowest BCUT2D eigenvalue weighted by molar-refractivity contribution is 0.102. The zero-order chi connectivity index (χ0) is 15.5. The molecule has 4 N–H and O–H groups in total. The predicted molar refractivity (Wildman–Crippen MR) is 83.1 cm³/mol. The molecule has 0 radical (unpaired) electrons. The van der Waals surface area contributed by atoms with E-state index >= 15 is 0 Å². The Morgan fingerprint density at radius 3 is 2.48 bits per heavy atom. The number of hydrogen-bond donors (Lipinski definition) is 3. The van der Waals surface area contributed by atoms with Crippen LogP contribution in [0, 0.1) is 0 Å². The number of nitrogens with two attached hydrogens (primary N) is 1. The molecule has 0 fully saturated rings. The van der Waals surface area contributed by atoms with Crippen LogP contribution in [-0.2, 0) is 10.2 Å². The number of nitrogens with zero attached hydrogens (tertiary/aromatic N) is 1. The number of rotatable bonds is 4. The first kappa shape index (κ1) is 15.4. The van der Waals surface area contributed by atoms with Gasteiger partial charge in [-0.15, -0.1) is 0 Å². The number of anilines is 2. The molecule has 9 heteroatoms. The van der Waals surface area contributed by atoms with Crippen LogP contribution < -0.4 is 15.2 Å². The van der Waals surface area contributed by atoms with Gasteiger partial charge in [-0.25, -0.2) is 10.1 Å². The second kappa shape index (κ2) is 6.20. The van der Waals surface area contributed by atoms with Crippen LogP contribution in [0.2, 0.25) is 0 Å². The molecule has 0 aliphatic carbocycles. The molecule has 1 amide bonds. The highest BCUT2D eigenvalue weighted by atomic mass is 79.9. The first-order chi connectivity index (χ1) is 9.83. The maximum absolute atomic E-state index is 12.0. The summed E-state index contributed by atoms with van der Waals surface area (Å²) in [5.74, 6) is -0.413. The minimum atomic E-state index is -3.86. The van der Waals surface area contributed by atoms with Gasteiger partial charge in [-0.3, -0.25) is 9.52 Å². The van der Waals surface area contributed by atoms with Crippen molar-refractivity contribution < 1.29 is 13.2 Å². The molecule has 7 nitrogen and oxygen atoms in total. The Bertz CT molecular complexity index is 780. The van der Waals surface area contributed by atoms with E-state index in [1.54, 1.807) is 30.3 Å². The molecule has 0 atom stereocenters. The number of nitrogens with one attached hydrogen (secondary N) is 2. The summed E-state index contributed by atoms with van der Waals surface area (Å²) in [5.41, 5.74) is 0.891. The van der Waals surface area contributed by atoms with Crippen molar-refractivity contribution in [3.63, 3.8) is 0 Å². The highest BCUT2D eigenvalue weighted by molar-refractivity contribution is 9.10. The van der Waals surface area contributed by atoms with Gasteiger partial charge in [-0.2, -0.15) is 8.42 Å². The Hall–Kier alpha value is -1.97. The lowest BCUT2D eigenvalue weighted by atomic mass is 10.2. The third kappa shape index (κ3) is 4.81. The fourth-order valence-electron chi connectivity index (χ4n) is 1.55. The topological polar surface area (TPSA) is 114 Å². The van der Waals surface area contributed by atoms with E-state index in [1.165, 1.54) is 12.1 Å². The van der Waals surface area contributed by atoms with E-state index in [2.05, 4.69) is 31.0 Å². The van der Waals surface area contributed by atoms with Gasteiger partial charge in [0, 0.05) is 5.69 Å². The zero-order valence-corrected chi connectivity index (χ0v) is 13.0. The first-order valence-corrected chi connectivity index (χ1v) is 8.02. The number of amides is 1. The molecule has 0 unspecified atom stereocenters. The van der Waals surface area contributed by atoms with Crippen molar-refractivity contribution in [3.05, 3.63) is 52.8 Å². The Kier molecular flexibility index (Phi) is 4.56. The van der Waals surface area contributed by atoms with Crippen molar-refractivity contribution in [1.29, 1.82) is 0 Å². The maximum Gasteiger partial charge on any atom is 0.296 e. The molecule has 1 heterocycles. The third-order valence-corrected chi connectivity index (χ3v) is 3.29. The van der Waals surface area contributed by atoms with E-state index in [1.807, 2.05) is 0 Å². The standard InChI is InChI=1S/C12H11BrN4O3S/c13-11-6-2-5-10(16-11)12(18)15-8-3-1-4-9(7-8)17-21(14,19)20/h1-7,17H,(H,15,18)(H2,14,19,20). The van der Waals surface area contributed by atoms with Crippen LogP contribution in [-0.4, -0.2) is 19.3 Å². The third-order valence-electron chi connectivity index (χ3n) is 2.33. The highest BCUT2D eigenvalue weighted by Gasteiger charge is 2.09. The Labute approximate surface area is 129 Å². The van der Waals surface area contributed by atoms with Crippen LogP contribution in [0.5, 0.6) is 0 Å². The van der Waals surface area contributed by atoms with Crippen LogP contribution in [0.25, 0.3) is 0 Å². The maximum atomic E-state index is 12.0. The van der Waals surface area contributed by atoms with Gasteiger partial charge in [-0.1, -0.05) is 12.1 Å². The van der Waals surface area contributed by atoms with Gasteiger partial charge in [0.05, 0.1) is 5.69 Å². The molecule has 0 saturated carbocycles. The largest absolute Gasteiger partial charge is 0.321 e. The van der Waals surface area contributed by atoms with Crippen molar-refractivity contribution in [2.75, 3.05) is 10.0 Å². The molecule has 1 aromatic heterocycles. The van der Waals surface area contributed by atoms with Gasteiger partial charge in [-0.05, 0) is 46.3 Å².